The fourth-order valence-corrected chi connectivity index (χ4v) is 7.01. The van der Waals surface area contributed by atoms with Crippen LogP contribution in [-0.2, 0) is 19.1 Å². The maximum atomic E-state index is 13.7. The number of methoxy groups -OCH3 is 2. The van der Waals surface area contributed by atoms with E-state index >= 15 is 0 Å². The van der Waals surface area contributed by atoms with Crippen LogP contribution in [0, 0.1) is 17.8 Å². The zero-order valence-corrected chi connectivity index (χ0v) is 32.4. The molecular formula is C40H44F3N9O6. The molecule has 1 unspecified atom stereocenters. The van der Waals surface area contributed by atoms with Gasteiger partial charge in [-0.25, -0.2) is 19.6 Å². The summed E-state index contributed by atoms with van der Waals surface area (Å²) in [4.78, 5) is 69.5. The molecule has 2 fully saturated rings. The Kier molecular flexibility index (Phi) is 12.7. The Morgan fingerprint density at radius 1 is 0.845 bits per heavy atom. The summed E-state index contributed by atoms with van der Waals surface area (Å²) in [6.45, 7) is 2.24. The van der Waals surface area contributed by atoms with Crippen LogP contribution in [0.2, 0.25) is 0 Å². The van der Waals surface area contributed by atoms with E-state index in [1.807, 2.05) is 48.5 Å². The SMILES string of the molecule is COC(=O)NCC(=O)N1CCCC1c1ncc(-c2ccc(C#Cc3ccc(-c4cnc([C@@H]5CN(CC(F)(F)F)CN5C(=O)[C@@H](NC(=O)OC)C(C)C)[nH]4)cc3)cc2)[nH]1. The second-order valence-electron chi connectivity index (χ2n) is 14.3. The van der Waals surface area contributed by atoms with Crippen molar-refractivity contribution in [2.75, 3.05) is 47.1 Å². The number of alkyl carbamates (subject to hydrolysis) is 2. The number of hydrogen-bond donors (Lipinski definition) is 4. The number of carbonyl (C=O) groups excluding carboxylic acids is 4. The monoisotopic (exact) mass is 803 g/mol. The number of benzene rings is 2. The fraction of sp³-hybridized carbons (Fsp3) is 0.400. The van der Waals surface area contributed by atoms with Crippen LogP contribution >= 0.6 is 0 Å². The summed E-state index contributed by atoms with van der Waals surface area (Å²) in [5, 5.41) is 4.94. The number of likely N-dealkylation sites (tertiary alicyclic amines) is 1. The van der Waals surface area contributed by atoms with Crippen molar-refractivity contribution in [2.45, 2.75) is 51.0 Å². The van der Waals surface area contributed by atoms with E-state index in [1.54, 1.807) is 31.1 Å². The largest absolute Gasteiger partial charge is 0.453 e. The molecule has 4 aromatic rings. The number of rotatable bonds is 10. The first kappa shape index (κ1) is 41.3. The number of carbonyl (C=O) groups is 4. The molecule has 0 bridgehead atoms. The van der Waals surface area contributed by atoms with Gasteiger partial charge in [0.2, 0.25) is 11.8 Å². The molecule has 4 N–H and O–H groups in total. The molecule has 306 valence electrons. The highest BCUT2D eigenvalue weighted by Crippen LogP contribution is 2.33. The highest BCUT2D eigenvalue weighted by atomic mass is 19.4. The van der Waals surface area contributed by atoms with Gasteiger partial charge >= 0.3 is 18.4 Å². The molecule has 6 rings (SSSR count). The standard InChI is InChI=1S/C40H44F3N9O6/c1-24(2)34(49-39(56)58-4)37(54)52-23-50(22-40(41,42)43)21-32(52)36-45-19-30(48-36)28-15-11-26(12-16-28)8-7-25-9-13-27(14-10-25)29-18-44-35(47-29)31-6-5-17-51(31)33(53)20-46-38(55)57-3/h9-16,18-19,24,31-32,34H,5-6,17,20-23H2,1-4H3,(H,44,47)(H,45,48)(H,46,55)(H,49,56)/t31?,32-,34-/m0/s1. The summed E-state index contributed by atoms with van der Waals surface area (Å²) in [5.41, 5.74) is 4.58. The van der Waals surface area contributed by atoms with Crippen molar-refractivity contribution in [1.82, 2.24) is 45.3 Å². The first-order chi connectivity index (χ1) is 27.7. The molecule has 2 aromatic heterocycles. The molecule has 0 saturated carbocycles. The molecule has 2 aliphatic heterocycles. The van der Waals surface area contributed by atoms with Gasteiger partial charge in [-0.3, -0.25) is 14.5 Å². The van der Waals surface area contributed by atoms with Crippen molar-refractivity contribution in [3.63, 3.8) is 0 Å². The van der Waals surface area contributed by atoms with Gasteiger partial charge in [0.1, 0.15) is 30.3 Å². The third kappa shape index (κ3) is 9.95. The highest BCUT2D eigenvalue weighted by Gasteiger charge is 2.44. The van der Waals surface area contributed by atoms with Crippen LogP contribution in [0.25, 0.3) is 22.5 Å². The molecule has 15 nitrogen and oxygen atoms in total. The van der Waals surface area contributed by atoms with Crippen molar-refractivity contribution >= 4 is 24.0 Å². The number of hydrogen-bond acceptors (Lipinski definition) is 9. The molecule has 0 aliphatic carbocycles. The van der Waals surface area contributed by atoms with Gasteiger partial charge in [0, 0.05) is 24.2 Å². The van der Waals surface area contributed by atoms with Crippen molar-refractivity contribution in [2.24, 2.45) is 5.92 Å². The number of nitrogens with zero attached hydrogens (tertiary/aromatic N) is 5. The fourth-order valence-electron chi connectivity index (χ4n) is 7.01. The van der Waals surface area contributed by atoms with Gasteiger partial charge in [0.15, 0.2) is 0 Å². The van der Waals surface area contributed by atoms with Crippen molar-refractivity contribution in [3.8, 4) is 34.4 Å². The number of amides is 4. The van der Waals surface area contributed by atoms with E-state index in [-0.39, 0.29) is 37.6 Å². The van der Waals surface area contributed by atoms with Gasteiger partial charge in [-0.2, -0.15) is 13.2 Å². The van der Waals surface area contributed by atoms with Gasteiger partial charge in [-0.1, -0.05) is 50.0 Å². The number of H-pyrrole nitrogens is 2. The van der Waals surface area contributed by atoms with Crippen LogP contribution in [0.1, 0.15) is 61.5 Å². The summed E-state index contributed by atoms with van der Waals surface area (Å²) in [6.07, 6.45) is -1.09. The number of halogens is 3. The van der Waals surface area contributed by atoms with Crippen LogP contribution in [0.5, 0.6) is 0 Å². The number of nitrogens with one attached hydrogen (secondary N) is 4. The van der Waals surface area contributed by atoms with Gasteiger partial charge in [-0.05, 0) is 54.2 Å². The van der Waals surface area contributed by atoms with Crippen molar-refractivity contribution in [3.05, 3.63) is 83.7 Å². The van der Waals surface area contributed by atoms with Crippen LogP contribution in [-0.4, -0.2) is 118 Å². The Balaban J connectivity index is 1.10. The first-order valence-corrected chi connectivity index (χ1v) is 18.6. The smallest absolute Gasteiger partial charge is 0.407 e. The average molecular weight is 804 g/mol. The summed E-state index contributed by atoms with van der Waals surface area (Å²) in [6, 6.07) is 13.0. The molecule has 18 heteroatoms. The molecule has 58 heavy (non-hydrogen) atoms. The Labute approximate surface area is 332 Å². The lowest BCUT2D eigenvalue weighted by Crippen LogP contribution is -2.51. The number of imidazole rings is 2. The molecule has 2 aliphatic rings. The van der Waals surface area contributed by atoms with Gasteiger partial charge in [0.05, 0.1) is 57.3 Å². The number of ether oxygens (including phenoxy) is 2. The number of aromatic nitrogens is 4. The Morgan fingerprint density at radius 2 is 1.40 bits per heavy atom. The minimum atomic E-state index is -4.48. The molecule has 2 aromatic carbocycles. The van der Waals surface area contributed by atoms with E-state index in [2.05, 4.69) is 51.9 Å². The second-order valence-corrected chi connectivity index (χ2v) is 14.3. The van der Waals surface area contributed by atoms with Crippen molar-refractivity contribution in [1.29, 1.82) is 0 Å². The average Bonchev–Trinajstić information content (AvgIpc) is 4.04. The third-order valence-electron chi connectivity index (χ3n) is 9.94. The predicted octanol–water partition coefficient (Wildman–Crippen LogP) is 4.97. The van der Waals surface area contributed by atoms with E-state index in [4.69, 9.17) is 0 Å². The minimum Gasteiger partial charge on any atom is -0.453 e. The lowest BCUT2D eigenvalue weighted by molar-refractivity contribution is -0.148. The summed E-state index contributed by atoms with van der Waals surface area (Å²) in [5.74, 6) is 6.18. The highest BCUT2D eigenvalue weighted by molar-refractivity contribution is 5.86. The number of alkyl halides is 3. The van der Waals surface area contributed by atoms with E-state index in [9.17, 15) is 32.3 Å². The maximum absolute atomic E-state index is 13.7. The summed E-state index contributed by atoms with van der Waals surface area (Å²) < 4.78 is 49.4. The molecule has 3 atom stereocenters. The molecule has 0 spiro atoms. The van der Waals surface area contributed by atoms with E-state index in [1.165, 1.54) is 12.0 Å². The first-order valence-electron chi connectivity index (χ1n) is 18.6. The molecule has 4 amide bonds. The summed E-state index contributed by atoms with van der Waals surface area (Å²) >= 11 is 0. The van der Waals surface area contributed by atoms with E-state index in [0.29, 0.717) is 23.9 Å². The van der Waals surface area contributed by atoms with Gasteiger partial charge in [0.25, 0.3) is 0 Å². The lowest BCUT2D eigenvalue weighted by atomic mass is 10.0. The summed E-state index contributed by atoms with van der Waals surface area (Å²) in [7, 11) is 2.41. The second kappa shape index (κ2) is 17.8. The maximum Gasteiger partial charge on any atom is 0.407 e. The van der Waals surface area contributed by atoms with Crippen LogP contribution in [0.3, 0.4) is 0 Å². The van der Waals surface area contributed by atoms with E-state index < -0.39 is 42.9 Å². The molecule has 2 saturated heterocycles. The predicted molar refractivity (Wildman–Crippen MR) is 204 cm³/mol. The van der Waals surface area contributed by atoms with E-state index in [0.717, 1.165) is 52.8 Å². The van der Waals surface area contributed by atoms with Crippen LogP contribution in [0.15, 0.2) is 60.9 Å². The number of aromatic amines is 2. The zero-order chi connectivity index (χ0) is 41.6. The normalized spacial score (nSPS) is 17.4. The van der Waals surface area contributed by atoms with Gasteiger partial charge in [-0.15, -0.1) is 0 Å². The molecule has 4 heterocycles. The van der Waals surface area contributed by atoms with Crippen LogP contribution in [0.4, 0.5) is 22.8 Å². The Bertz CT molecular complexity index is 2160. The quantitative estimate of drug-likeness (QED) is 0.161. The Hall–Kier alpha value is -6.35. The molecular weight excluding hydrogens is 759 g/mol. The lowest BCUT2D eigenvalue weighted by Gasteiger charge is -2.29. The Morgan fingerprint density at radius 3 is 1.91 bits per heavy atom. The molecule has 0 radical (unpaired) electrons. The van der Waals surface area contributed by atoms with Gasteiger partial charge < -0.3 is 39.9 Å². The van der Waals surface area contributed by atoms with Crippen molar-refractivity contribution < 1.29 is 41.8 Å². The zero-order valence-electron chi connectivity index (χ0n) is 32.4. The minimum absolute atomic E-state index is 0.111. The third-order valence-corrected chi connectivity index (χ3v) is 9.94. The topological polar surface area (TPSA) is 178 Å². The van der Waals surface area contributed by atoms with Crippen LogP contribution < -0.4 is 10.6 Å².